The highest BCUT2D eigenvalue weighted by Gasteiger charge is 2.12. The van der Waals surface area contributed by atoms with Crippen LogP contribution in [0.5, 0.6) is 0 Å². The molecule has 0 aliphatic carbocycles. The molecule has 0 fully saturated rings. The van der Waals surface area contributed by atoms with E-state index in [2.05, 4.69) is 31.0 Å². The first kappa shape index (κ1) is 13.1. The van der Waals surface area contributed by atoms with Gasteiger partial charge >= 0.3 is 0 Å². The molecular weight excluding hydrogens is 320 g/mol. The van der Waals surface area contributed by atoms with E-state index in [0.29, 0.717) is 16.9 Å². The Morgan fingerprint density at radius 1 is 1.20 bits per heavy atom. The van der Waals surface area contributed by atoms with Gasteiger partial charge in [0.05, 0.1) is 5.69 Å². The minimum absolute atomic E-state index is 0.161. The van der Waals surface area contributed by atoms with E-state index in [1.807, 2.05) is 26.0 Å². The van der Waals surface area contributed by atoms with E-state index in [0.717, 1.165) is 21.3 Å². The lowest BCUT2D eigenvalue weighted by Crippen LogP contribution is -2.08. The van der Waals surface area contributed by atoms with Gasteiger partial charge in [-0.3, -0.25) is 4.79 Å². The number of benzene rings is 1. The van der Waals surface area contributed by atoms with E-state index in [9.17, 15) is 4.79 Å². The largest absolute Gasteiger partial charge is 0.310 e. The highest BCUT2D eigenvalue weighted by Crippen LogP contribution is 2.24. The van der Waals surface area contributed by atoms with Crippen LogP contribution in [0.4, 0.5) is 0 Å². The van der Waals surface area contributed by atoms with Gasteiger partial charge in [-0.25, -0.2) is 9.67 Å². The molecule has 5 nitrogen and oxygen atoms in total. The van der Waals surface area contributed by atoms with E-state index in [4.69, 9.17) is 0 Å². The Balaban J connectivity index is 2.31. The van der Waals surface area contributed by atoms with E-state index < -0.39 is 0 Å². The molecule has 0 bridgehead atoms. The maximum absolute atomic E-state index is 11.9. The maximum Gasteiger partial charge on any atom is 0.262 e. The van der Waals surface area contributed by atoms with Gasteiger partial charge in [-0.1, -0.05) is 15.9 Å². The molecule has 102 valence electrons. The van der Waals surface area contributed by atoms with E-state index in [1.54, 1.807) is 17.8 Å². The first-order valence-corrected chi connectivity index (χ1v) is 6.98. The summed E-state index contributed by atoms with van der Waals surface area (Å²) in [6.45, 7) is 5.78. The Morgan fingerprint density at radius 3 is 2.50 bits per heavy atom. The summed E-state index contributed by atoms with van der Waals surface area (Å²) in [5.41, 5.74) is 3.44. The van der Waals surface area contributed by atoms with Crippen molar-refractivity contribution in [3.63, 3.8) is 0 Å². The fraction of sp³-hybridized carbons (Fsp3) is 0.214. The van der Waals surface area contributed by atoms with Gasteiger partial charge in [-0.05, 0) is 44.0 Å². The molecule has 0 aliphatic rings. The number of halogens is 1. The van der Waals surface area contributed by atoms with Crippen LogP contribution in [0.25, 0.3) is 16.7 Å². The number of rotatable bonds is 1. The second-order valence-electron chi connectivity index (χ2n) is 4.85. The number of aromatic amines is 1. The van der Waals surface area contributed by atoms with Crippen molar-refractivity contribution >= 4 is 27.0 Å². The molecule has 20 heavy (non-hydrogen) atoms. The molecule has 0 saturated heterocycles. The van der Waals surface area contributed by atoms with Crippen LogP contribution in [0.15, 0.2) is 27.6 Å². The van der Waals surface area contributed by atoms with Crippen LogP contribution in [0.3, 0.4) is 0 Å². The van der Waals surface area contributed by atoms with Crippen LogP contribution in [-0.2, 0) is 0 Å². The molecule has 0 saturated carbocycles. The first-order chi connectivity index (χ1) is 9.45. The van der Waals surface area contributed by atoms with Crippen molar-refractivity contribution in [1.29, 1.82) is 0 Å². The lowest BCUT2D eigenvalue weighted by molar-refractivity contribution is 0.870. The van der Waals surface area contributed by atoms with Gasteiger partial charge in [0.2, 0.25) is 0 Å². The zero-order valence-electron chi connectivity index (χ0n) is 11.4. The highest BCUT2D eigenvalue weighted by atomic mass is 79.9. The Morgan fingerprint density at radius 2 is 1.85 bits per heavy atom. The average molecular weight is 333 g/mol. The summed E-state index contributed by atoms with van der Waals surface area (Å²) in [7, 11) is 0. The van der Waals surface area contributed by atoms with Crippen molar-refractivity contribution in [2.45, 2.75) is 20.8 Å². The molecule has 1 N–H and O–H groups in total. The van der Waals surface area contributed by atoms with Crippen LogP contribution >= 0.6 is 15.9 Å². The SMILES string of the molecule is Cc1nc2nn(-c3c(C)cc(Br)cc3C)cc2c(=O)[nH]1. The van der Waals surface area contributed by atoms with Gasteiger partial charge in [0.25, 0.3) is 5.56 Å². The van der Waals surface area contributed by atoms with Crippen LogP contribution in [0, 0.1) is 20.8 Å². The lowest BCUT2D eigenvalue weighted by Gasteiger charge is -2.10. The van der Waals surface area contributed by atoms with Gasteiger partial charge < -0.3 is 4.98 Å². The molecule has 0 atom stereocenters. The fourth-order valence-electron chi connectivity index (χ4n) is 2.40. The molecule has 2 aromatic heterocycles. The number of aryl methyl sites for hydroxylation is 3. The molecule has 3 rings (SSSR count). The number of nitrogens with one attached hydrogen (secondary N) is 1. The molecule has 6 heteroatoms. The zero-order chi connectivity index (χ0) is 14.4. The summed E-state index contributed by atoms with van der Waals surface area (Å²) in [6.07, 6.45) is 1.73. The molecule has 0 amide bonds. The van der Waals surface area contributed by atoms with Crippen molar-refractivity contribution < 1.29 is 0 Å². The van der Waals surface area contributed by atoms with Gasteiger partial charge in [-0.2, -0.15) is 0 Å². The van der Waals surface area contributed by atoms with Crippen molar-refractivity contribution in [2.24, 2.45) is 0 Å². The zero-order valence-corrected chi connectivity index (χ0v) is 12.9. The van der Waals surface area contributed by atoms with Gasteiger partial charge in [0.15, 0.2) is 5.65 Å². The lowest BCUT2D eigenvalue weighted by atomic mass is 10.1. The van der Waals surface area contributed by atoms with Crippen LogP contribution in [0.2, 0.25) is 0 Å². The number of H-pyrrole nitrogens is 1. The molecule has 1 aromatic carbocycles. The summed E-state index contributed by atoms with van der Waals surface area (Å²) in [5.74, 6) is 0.567. The smallest absolute Gasteiger partial charge is 0.262 e. The molecule has 3 aromatic rings. The third kappa shape index (κ3) is 2.06. The molecule has 0 radical (unpaired) electrons. The van der Waals surface area contributed by atoms with Crippen LogP contribution in [-0.4, -0.2) is 19.7 Å². The summed E-state index contributed by atoms with van der Waals surface area (Å²) in [6, 6.07) is 4.05. The fourth-order valence-corrected chi connectivity index (χ4v) is 3.09. The monoisotopic (exact) mass is 332 g/mol. The summed E-state index contributed by atoms with van der Waals surface area (Å²) in [4.78, 5) is 18.9. The van der Waals surface area contributed by atoms with Crippen molar-refractivity contribution in [2.75, 3.05) is 0 Å². The van der Waals surface area contributed by atoms with Crippen LogP contribution < -0.4 is 5.56 Å². The first-order valence-electron chi connectivity index (χ1n) is 6.19. The Hall–Kier alpha value is -1.95. The van der Waals surface area contributed by atoms with Gasteiger partial charge in [-0.15, -0.1) is 5.10 Å². The van der Waals surface area contributed by atoms with Crippen molar-refractivity contribution in [1.82, 2.24) is 19.7 Å². The van der Waals surface area contributed by atoms with Gasteiger partial charge in [0.1, 0.15) is 11.2 Å². The summed E-state index contributed by atoms with van der Waals surface area (Å²) < 4.78 is 2.75. The number of hydrogen-bond acceptors (Lipinski definition) is 3. The maximum atomic E-state index is 11.9. The molecule has 2 heterocycles. The second-order valence-corrected chi connectivity index (χ2v) is 5.77. The average Bonchev–Trinajstić information content (AvgIpc) is 2.71. The molecule has 0 spiro atoms. The minimum atomic E-state index is -0.161. The highest BCUT2D eigenvalue weighted by molar-refractivity contribution is 9.10. The summed E-state index contributed by atoms with van der Waals surface area (Å²) >= 11 is 3.48. The Bertz CT molecular complexity index is 855. The predicted molar refractivity (Wildman–Crippen MR) is 81.4 cm³/mol. The number of nitrogens with zero attached hydrogens (tertiary/aromatic N) is 3. The normalized spacial score (nSPS) is 11.2. The quantitative estimate of drug-likeness (QED) is 0.745. The molecule has 0 unspecified atom stereocenters. The third-order valence-corrected chi connectivity index (χ3v) is 3.65. The van der Waals surface area contributed by atoms with E-state index in [-0.39, 0.29) is 5.56 Å². The topological polar surface area (TPSA) is 63.6 Å². The number of fused-ring (bicyclic) bond motifs is 1. The van der Waals surface area contributed by atoms with Crippen molar-refractivity contribution in [3.05, 3.63) is 50.1 Å². The second kappa shape index (κ2) is 4.56. The minimum Gasteiger partial charge on any atom is -0.310 e. The van der Waals surface area contributed by atoms with E-state index in [1.165, 1.54) is 0 Å². The Labute approximate surface area is 123 Å². The standard InChI is InChI=1S/C14H13BrN4O/c1-7-4-10(15)5-8(2)12(7)19-6-11-13(18-19)16-9(3)17-14(11)20/h4-6H,1-3H3,(H,16,17,18,20). The van der Waals surface area contributed by atoms with Crippen molar-refractivity contribution in [3.8, 4) is 5.69 Å². The predicted octanol–water partition coefficient (Wildman–Crippen LogP) is 2.80. The molecular formula is C14H13BrN4O. The number of aromatic nitrogens is 4. The number of hydrogen-bond donors (Lipinski definition) is 1. The third-order valence-electron chi connectivity index (χ3n) is 3.19. The molecule has 0 aliphatic heterocycles. The van der Waals surface area contributed by atoms with E-state index >= 15 is 0 Å². The summed E-state index contributed by atoms with van der Waals surface area (Å²) in [5, 5.41) is 4.92. The van der Waals surface area contributed by atoms with Crippen LogP contribution in [0.1, 0.15) is 17.0 Å². The van der Waals surface area contributed by atoms with Gasteiger partial charge in [0, 0.05) is 10.7 Å². The Kier molecular flexibility index (Phi) is 2.97.